The Balaban J connectivity index is 2.22. The van der Waals surface area contributed by atoms with Gasteiger partial charge in [-0.3, -0.25) is 4.79 Å². The predicted octanol–water partition coefficient (Wildman–Crippen LogP) is 3.11. The van der Waals surface area contributed by atoms with E-state index >= 15 is 0 Å². The van der Waals surface area contributed by atoms with Crippen LogP contribution in [0.3, 0.4) is 0 Å². The molecule has 3 rings (SSSR count). The van der Waals surface area contributed by atoms with Crippen LogP contribution in [0.25, 0.3) is 0 Å². The van der Waals surface area contributed by atoms with Crippen LogP contribution in [0, 0.1) is 0 Å². The van der Waals surface area contributed by atoms with Gasteiger partial charge >= 0.3 is 5.24 Å². The predicted molar refractivity (Wildman–Crippen MR) is 73.8 cm³/mol. The number of rotatable bonds is 1. The Kier molecular flexibility index (Phi) is 2.83. The maximum absolute atomic E-state index is 12.5. The lowest BCUT2D eigenvalue weighted by Gasteiger charge is -2.27. The average Bonchev–Trinajstić information content (AvgIpc) is 2.39. The summed E-state index contributed by atoms with van der Waals surface area (Å²) in [6, 6.07) is 14.9. The number of fused-ring (bicyclic) bond motifs is 1. The third kappa shape index (κ3) is 1.93. The molecule has 1 heterocycles. The summed E-state index contributed by atoms with van der Waals surface area (Å²) >= 11 is 0.925. The maximum Gasteiger partial charge on any atom is 0.304 e. The Morgan fingerprint density at radius 2 is 1.53 bits per heavy atom. The molecule has 0 spiro atoms. The van der Waals surface area contributed by atoms with Gasteiger partial charge in [0.25, 0.3) is 10.0 Å². The first kappa shape index (κ1) is 12.3. The first-order valence-corrected chi connectivity index (χ1v) is 7.77. The van der Waals surface area contributed by atoms with Gasteiger partial charge in [-0.25, -0.2) is 8.42 Å². The van der Waals surface area contributed by atoms with E-state index in [9.17, 15) is 13.2 Å². The number of hydrogen-bond donors (Lipinski definition) is 0. The van der Waals surface area contributed by atoms with Crippen LogP contribution in [-0.2, 0) is 10.0 Å². The summed E-state index contributed by atoms with van der Waals surface area (Å²) in [6.45, 7) is 0. The summed E-state index contributed by atoms with van der Waals surface area (Å²) in [5.41, 5.74) is 0.356. The molecule has 0 aromatic heterocycles. The van der Waals surface area contributed by atoms with Crippen molar-refractivity contribution in [3.05, 3.63) is 54.6 Å². The smallest absolute Gasteiger partial charge is 0.260 e. The Labute approximate surface area is 115 Å². The van der Waals surface area contributed by atoms with Crippen molar-refractivity contribution in [1.82, 2.24) is 0 Å². The molecule has 2 aromatic carbocycles. The SMILES string of the molecule is O=C1Sc2ccccc2S(=O)(=O)N1c1ccccc1. The number of nitrogens with zero attached hydrogens (tertiary/aromatic N) is 1. The van der Waals surface area contributed by atoms with E-state index in [1.54, 1.807) is 48.5 Å². The first-order chi connectivity index (χ1) is 9.10. The number of benzene rings is 2. The van der Waals surface area contributed by atoms with Crippen LogP contribution in [0.5, 0.6) is 0 Å². The monoisotopic (exact) mass is 291 g/mol. The number of thioether (sulfide) groups is 1. The molecule has 0 N–H and O–H groups in total. The van der Waals surface area contributed by atoms with Crippen LogP contribution in [0.4, 0.5) is 10.5 Å². The van der Waals surface area contributed by atoms with Gasteiger partial charge in [-0.2, -0.15) is 4.31 Å². The fraction of sp³-hybridized carbons (Fsp3) is 0. The highest BCUT2D eigenvalue weighted by molar-refractivity contribution is 8.17. The summed E-state index contributed by atoms with van der Waals surface area (Å²) in [5, 5.41) is -0.509. The number of carbonyl (C=O) groups excluding carboxylic acids is 1. The van der Waals surface area contributed by atoms with Crippen molar-refractivity contribution in [1.29, 1.82) is 0 Å². The lowest BCUT2D eigenvalue weighted by Crippen LogP contribution is -2.37. The molecule has 4 nitrogen and oxygen atoms in total. The van der Waals surface area contributed by atoms with Crippen molar-refractivity contribution in [2.75, 3.05) is 4.31 Å². The quantitative estimate of drug-likeness (QED) is 0.810. The van der Waals surface area contributed by atoms with Gasteiger partial charge in [0.2, 0.25) is 0 Å². The van der Waals surface area contributed by atoms with E-state index in [-0.39, 0.29) is 4.90 Å². The molecular weight excluding hydrogens is 282 g/mol. The van der Waals surface area contributed by atoms with Crippen LogP contribution < -0.4 is 4.31 Å². The molecule has 0 saturated heterocycles. The second kappa shape index (κ2) is 4.40. The minimum Gasteiger partial charge on any atom is -0.260 e. The summed E-state index contributed by atoms with van der Waals surface area (Å²) in [7, 11) is -3.82. The molecule has 0 bridgehead atoms. The molecule has 6 heteroatoms. The van der Waals surface area contributed by atoms with E-state index < -0.39 is 15.3 Å². The number of anilines is 1. The normalized spacial score (nSPS) is 17.1. The molecule has 1 aliphatic rings. The molecular formula is C13H9NO3S2. The molecule has 2 aromatic rings. The van der Waals surface area contributed by atoms with E-state index in [2.05, 4.69) is 0 Å². The molecule has 0 unspecified atom stereocenters. The van der Waals surface area contributed by atoms with Crippen molar-refractivity contribution in [2.24, 2.45) is 0 Å². The largest absolute Gasteiger partial charge is 0.304 e. The zero-order valence-corrected chi connectivity index (χ0v) is 11.3. The standard InChI is InChI=1S/C13H9NO3S2/c15-13-14(10-6-2-1-3-7-10)19(16,17)12-9-5-4-8-11(12)18-13/h1-9H. The van der Waals surface area contributed by atoms with Gasteiger partial charge in [0.1, 0.15) is 4.90 Å². The van der Waals surface area contributed by atoms with Crippen molar-refractivity contribution in [3.8, 4) is 0 Å². The summed E-state index contributed by atoms with van der Waals surface area (Å²) < 4.78 is 25.9. The third-order valence-electron chi connectivity index (χ3n) is 2.72. The molecule has 0 saturated carbocycles. The maximum atomic E-state index is 12.5. The minimum absolute atomic E-state index is 0.170. The van der Waals surface area contributed by atoms with E-state index in [1.165, 1.54) is 6.07 Å². The highest BCUT2D eigenvalue weighted by atomic mass is 32.2. The summed E-state index contributed by atoms with van der Waals surface area (Å²) in [5.74, 6) is 0. The van der Waals surface area contributed by atoms with Crippen molar-refractivity contribution < 1.29 is 13.2 Å². The average molecular weight is 291 g/mol. The van der Waals surface area contributed by atoms with Gasteiger partial charge in [0.15, 0.2) is 0 Å². The minimum atomic E-state index is -3.82. The number of hydrogen-bond acceptors (Lipinski definition) is 4. The topological polar surface area (TPSA) is 54.5 Å². The highest BCUT2D eigenvalue weighted by Crippen LogP contribution is 2.39. The fourth-order valence-electron chi connectivity index (χ4n) is 1.89. The molecule has 1 amide bonds. The van der Waals surface area contributed by atoms with Crippen LogP contribution in [0.1, 0.15) is 0 Å². The molecule has 1 aliphatic heterocycles. The second-order valence-electron chi connectivity index (χ2n) is 3.92. The Morgan fingerprint density at radius 1 is 0.895 bits per heavy atom. The molecule has 0 aliphatic carbocycles. The Hall–Kier alpha value is -1.79. The van der Waals surface area contributed by atoms with Crippen molar-refractivity contribution in [3.63, 3.8) is 0 Å². The van der Waals surface area contributed by atoms with Crippen LogP contribution in [-0.4, -0.2) is 13.7 Å². The zero-order valence-electron chi connectivity index (χ0n) is 9.68. The summed E-state index contributed by atoms with van der Waals surface area (Å²) in [4.78, 5) is 12.7. The number of carbonyl (C=O) groups is 1. The second-order valence-corrected chi connectivity index (χ2v) is 6.67. The highest BCUT2D eigenvalue weighted by Gasteiger charge is 2.38. The van der Waals surface area contributed by atoms with Gasteiger partial charge in [-0.1, -0.05) is 30.3 Å². The number of para-hydroxylation sites is 1. The van der Waals surface area contributed by atoms with Gasteiger partial charge in [-0.05, 0) is 36.0 Å². The van der Waals surface area contributed by atoms with Crippen LogP contribution >= 0.6 is 11.8 Å². The first-order valence-electron chi connectivity index (χ1n) is 5.52. The van der Waals surface area contributed by atoms with Crippen molar-refractivity contribution >= 4 is 32.7 Å². The van der Waals surface area contributed by atoms with Gasteiger partial charge in [-0.15, -0.1) is 0 Å². The van der Waals surface area contributed by atoms with Crippen molar-refractivity contribution in [2.45, 2.75) is 9.79 Å². The molecule has 0 fully saturated rings. The van der Waals surface area contributed by atoms with Gasteiger partial charge < -0.3 is 0 Å². The molecule has 19 heavy (non-hydrogen) atoms. The van der Waals surface area contributed by atoms with E-state index in [4.69, 9.17) is 0 Å². The third-order valence-corrected chi connectivity index (χ3v) is 5.67. The molecule has 0 atom stereocenters. The molecule has 96 valence electrons. The Morgan fingerprint density at radius 3 is 2.26 bits per heavy atom. The number of amides is 1. The fourth-order valence-corrected chi connectivity index (χ4v) is 4.79. The van der Waals surface area contributed by atoms with E-state index in [0.29, 0.717) is 10.6 Å². The molecule has 0 radical (unpaired) electrons. The van der Waals surface area contributed by atoms with Gasteiger partial charge in [0.05, 0.1) is 5.69 Å². The van der Waals surface area contributed by atoms with Gasteiger partial charge in [0, 0.05) is 4.90 Å². The van der Waals surface area contributed by atoms with E-state index in [1.807, 2.05) is 0 Å². The van der Waals surface area contributed by atoms with Crippen LogP contribution in [0.15, 0.2) is 64.4 Å². The zero-order chi connectivity index (χ0) is 13.5. The van der Waals surface area contributed by atoms with E-state index in [0.717, 1.165) is 16.1 Å². The van der Waals surface area contributed by atoms with Crippen LogP contribution in [0.2, 0.25) is 0 Å². The lowest BCUT2D eigenvalue weighted by molar-refractivity contribution is 0.267. The number of sulfonamides is 1. The Bertz CT molecular complexity index is 741. The lowest BCUT2D eigenvalue weighted by atomic mass is 10.3. The summed E-state index contributed by atoms with van der Waals surface area (Å²) in [6.07, 6.45) is 0.